The van der Waals surface area contributed by atoms with Crippen LogP contribution in [0.4, 0.5) is 20.3 Å². The average molecular weight is 607 g/mol. The van der Waals surface area contributed by atoms with Crippen LogP contribution in [0.3, 0.4) is 0 Å². The van der Waals surface area contributed by atoms with Gasteiger partial charge in [0.1, 0.15) is 37.9 Å². The Morgan fingerprint density at radius 3 is 2.74 bits per heavy atom. The molecule has 0 bridgehead atoms. The largest absolute Gasteiger partial charge is 0.464 e. The normalized spacial score (nSPS) is 11.4. The number of primary amides is 1. The molecule has 0 atom stereocenters. The Bertz CT molecular complexity index is 1710. The summed E-state index contributed by atoms with van der Waals surface area (Å²) in [4.78, 5) is 39.5. The third-order valence-corrected chi connectivity index (χ3v) is 6.89. The first-order valence-corrected chi connectivity index (χ1v) is 12.1. The van der Waals surface area contributed by atoms with E-state index < -0.39 is 28.9 Å². The highest BCUT2D eigenvalue weighted by Crippen LogP contribution is 2.42. The number of carbonyl (C=O) groups is 2. The molecule has 5 aromatic rings. The number of thiophene rings is 1. The van der Waals surface area contributed by atoms with Crippen molar-refractivity contribution >= 4 is 60.8 Å². The van der Waals surface area contributed by atoms with E-state index in [1.165, 1.54) is 35.3 Å². The molecule has 0 aromatic carbocycles. The third kappa shape index (κ3) is 4.66. The van der Waals surface area contributed by atoms with Gasteiger partial charge >= 0.3 is 5.82 Å². The number of alkyl halides is 2. The Kier molecular flexibility index (Phi) is 6.50. The smallest absolute Gasteiger partial charge is 0.404 e. The van der Waals surface area contributed by atoms with E-state index in [9.17, 15) is 28.5 Å². The van der Waals surface area contributed by atoms with Gasteiger partial charge in [0.2, 0.25) is 0 Å². The number of nitro groups is 1. The van der Waals surface area contributed by atoms with Gasteiger partial charge in [-0.3, -0.25) is 9.59 Å². The van der Waals surface area contributed by atoms with Crippen LogP contribution < -0.4 is 11.1 Å². The van der Waals surface area contributed by atoms with Crippen molar-refractivity contribution in [2.24, 2.45) is 5.73 Å². The molecule has 0 saturated heterocycles. The highest BCUT2D eigenvalue weighted by atomic mass is 79.9. The molecule has 194 valence electrons. The molecule has 0 radical (unpaired) electrons. The van der Waals surface area contributed by atoms with Gasteiger partial charge in [0.05, 0.1) is 23.2 Å². The van der Waals surface area contributed by atoms with Crippen LogP contribution >= 0.6 is 27.3 Å². The lowest BCUT2D eigenvalue weighted by Crippen LogP contribution is -2.16. The summed E-state index contributed by atoms with van der Waals surface area (Å²) in [6.45, 7) is -0.0173. The molecule has 2 amide bonds. The zero-order valence-corrected chi connectivity index (χ0v) is 21.1. The van der Waals surface area contributed by atoms with E-state index in [2.05, 4.69) is 31.3 Å². The monoisotopic (exact) mass is 606 g/mol. The van der Waals surface area contributed by atoms with E-state index in [1.807, 2.05) is 0 Å². The quantitative estimate of drug-likeness (QED) is 0.175. The van der Waals surface area contributed by atoms with E-state index in [0.717, 1.165) is 17.4 Å². The first-order chi connectivity index (χ1) is 18.1. The van der Waals surface area contributed by atoms with Crippen molar-refractivity contribution in [3.05, 3.63) is 79.5 Å². The molecule has 0 unspecified atom stereocenters. The summed E-state index contributed by atoms with van der Waals surface area (Å²) in [7, 11) is 0. The molecular weight excluding hydrogens is 594 g/mol. The summed E-state index contributed by atoms with van der Waals surface area (Å²) in [6.07, 6.45) is -0.169. The van der Waals surface area contributed by atoms with Gasteiger partial charge in [0, 0.05) is 10.9 Å². The Morgan fingerprint density at radius 2 is 2.11 bits per heavy atom. The van der Waals surface area contributed by atoms with Crippen LogP contribution in [0.1, 0.15) is 38.1 Å². The van der Waals surface area contributed by atoms with Crippen molar-refractivity contribution in [2.75, 3.05) is 5.32 Å². The summed E-state index contributed by atoms with van der Waals surface area (Å²) in [6, 6.07) is 7.04. The molecule has 5 rings (SSSR count). The number of nitrogens with zero attached hydrogens (tertiary/aromatic N) is 4. The molecule has 3 N–H and O–H groups in total. The average Bonchev–Trinajstić information content (AvgIpc) is 3.65. The number of amides is 2. The van der Waals surface area contributed by atoms with Gasteiger partial charge < -0.3 is 30.0 Å². The standard InChI is InChI=1S/C22H13BrF2N6O6S/c23-11-8-30(29-20(11)31(34)35)7-9-3-4-14(37-9)21(33)28-16-15-10(13-2-1-5-36-13)6-12(18(24)25)27-22(15)38-17(16)19(26)32/h1-6,8,18H,7H2,(H2,26,32)(H,28,33). The number of rotatable bonds is 8. The fourth-order valence-corrected chi connectivity index (χ4v) is 5.13. The van der Waals surface area contributed by atoms with Gasteiger partial charge in [0.15, 0.2) is 5.76 Å². The number of pyridine rings is 1. The van der Waals surface area contributed by atoms with Crippen LogP contribution in [-0.2, 0) is 6.54 Å². The van der Waals surface area contributed by atoms with E-state index in [-0.39, 0.29) is 60.5 Å². The maximum Gasteiger partial charge on any atom is 0.404 e. The van der Waals surface area contributed by atoms with Gasteiger partial charge in [-0.1, -0.05) is 0 Å². The van der Waals surface area contributed by atoms with Crippen LogP contribution in [0, 0.1) is 10.1 Å². The maximum absolute atomic E-state index is 13.5. The molecule has 0 aliphatic rings. The number of nitrogens with two attached hydrogens (primary N) is 1. The predicted octanol–water partition coefficient (Wildman–Crippen LogP) is 5.35. The number of hydrogen-bond acceptors (Lipinski definition) is 9. The molecule has 12 nitrogen and oxygen atoms in total. The lowest BCUT2D eigenvalue weighted by atomic mass is 10.1. The second kappa shape index (κ2) is 9.79. The number of fused-ring (bicyclic) bond motifs is 1. The maximum atomic E-state index is 13.5. The predicted molar refractivity (Wildman–Crippen MR) is 133 cm³/mol. The van der Waals surface area contributed by atoms with Gasteiger partial charge in [-0.15, -0.1) is 11.3 Å². The molecule has 38 heavy (non-hydrogen) atoms. The zero-order valence-electron chi connectivity index (χ0n) is 18.7. The van der Waals surface area contributed by atoms with Crippen LogP contribution in [0.15, 0.2) is 56.1 Å². The minimum absolute atomic E-state index is 0.0173. The summed E-state index contributed by atoms with van der Waals surface area (Å²) in [5.41, 5.74) is 5.12. The minimum Gasteiger partial charge on any atom is -0.464 e. The number of aromatic nitrogens is 3. The molecule has 0 aliphatic carbocycles. The number of nitrogens with one attached hydrogen (secondary N) is 1. The fourth-order valence-electron chi connectivity index (χ4n) is 3.66. The van der Waals surface area contributed by atoms with Gasteiger partial charge in [-0.05, 0) is 51.2 Å². The van der Waals surface area contributed by atoms with Crippen LogP contribution in [0.25, 0.3) is 21.5 Å². The Labute approximate surface area is 222 Å². The highest BCUT2D eigenvalue weighted by Gasteiger charge is 2.27. The van der Waals surface area contributed by atoms with Crippen molar-refractivity contribution in [1.82, 2.24) is 14.8 Å². The molecule has 0 aliphatic heterocycles. The lowest BCUT2D eigenvalue weighted by molar-refractivity contribution is -0.390. The summed E-state index contributed by atoms with van der Waals surface area (Å²) in [5.74, 6) is -1.75. The van der Waals surface area contributed by atoms with Gasteiger partial charge in [-0.2, -0.15) is 4.68 Å². The SMILES string of the molecule is NC(=O)c1sc2nc(C(F)F)cc(-c3ccco3)c2c1NC(=O)c1ccc(Cn2cc(Br)c([N+](=O)[O-])n2)o1. The van der Waals surface area contributed by atoms with Crippen molar-refractivity contribution in [2.45, 2.75) is 13.0 Å². The summed E-state index contributed by atoms with van der Waals surface area (Å²) in [5, 5.41) is 17.6. The zero-order chi connectivity index (χ0) is 27.1. The van der Waals surface area contributed by atoms with Crippen LogP contribution in [0.5, 0.6) is 0 Å². The first-order valence-electron chi connectivity index (χ1n) is 10.5. The van der Waals surface area contributed by atoms with E-state index in [4.69, 9.17) is 14.6 Å². The molecule has 0 fully saturated rings. The molecule has 0 saturated carbocycles. The Balaban J connectivity index is 1.50. The number of carbonyl (C=O) groups excluding carboxylic acids is 2. The molecule has 16 heteroatoms. The Morgan fingerprint density at radius 1 is 1.32 bits per heavy atom. The Hall–Kier alpha value is -4.44. The summed E-state index contributed by atoms with van der Waals surface area (Å²) >= 11 is 3.80. The van der Waals surface area contributed by atoms with Crippen molar-refractivity contribution in [3.63, 3.8) is 0 Å². The van der Waals surface area contributed by atoms with E-state index in [0.29, 0.717) is 0 Å². The van der Waals surface area contributed by atoms with Gasteiger partial charge in [0.25, 0.3) is 18.2 Å². The topological polar surface area (TPSA) is 172 Å². The van der Waals surface area contributed by atoms with Crippen LogP contribution in [-0.4, -0.2) is 31.5 Å². The minimum atomic E-state index is -2.90. The van der Waals surface area contributed by atoms with Crippen molar-refractivity contribution < 1.29 is 32.1 Å². The van der Waals surface area contributed by atoms with Crippen molar-refractivity contribution in [3.8, 4) is 11.3 Å². The first kappa shape index (κ1) is 25.2. The third-order valence-electron chi connectivity index (χ3n) is 5.23. The number of hydrogen-bond donors (Lipinski definition) is 2. The molecule has 5 aromatic heterocycles. The van der Waals surface area contributed by atoms with E-state index in [1.54, 1.807) is 6.07 Å². The number of furan rings is 2. The number of anilines is 1. The summed E-state index contributed by atoms with van der Waals surface area (Å²) < 4.78 is 39.4. The lowest BCUT2D eigenvalue weighted by Gasteiger charge is -2.08. The molecule has 0 spiro atoms. The van der Waals surface area contributed by atoms with E-state index >= 15 is 0 Å². The van der Waals surface area contributed by atoms with Crippen LogP contribution in [0.2, 0.25) is 0 Å². The van der Waals surface area contributed by atoms with Crippen molar-refractivity contribution in [1.29, 1.82) is 0 Å². The second-order valence-corrected chi connectivity index (χ2v) is 9.55. The van der Waals surface area contributed by atoms with Gasteiger partial charge in [-0.25, -0.2) is 13.8 Å². The number of halogens is 3. The molecular formula is C22H13BrF2N6O6S. The fraction of sp³-hybridized carbons (Fsp3) is 0.0909. The molecule has 5 heterocycles. The highest BCUT2D eigenvalue weighted by molar-refractivity contribution is 9.10. The second-order valence-electron chi connectivity index (χ2n) is 7.70.